The van der Waals surface area contributed by atoms with Crippen LogP contribution in [-0.2, 0) is 4.84 Å². The molecule has 1 amide bonds. The third-order valence-corrected chi connectivity index (χ3v) is 2.25. The molecule has 0 aliphatic heterocycles. The van der Waals surface area contributed by atoms with Crippen molar-refractivity contribution in [2.45, 2.75) is 20.8 Å². The van der Waals surface area contributed by atoms with Crippen LogP contribution in [0.4, 0.5) is 0 Å². The Hall–Kier alpha value is -1.55. The Morgan fingerprint density at radius 2 is 2.12 bits per heavy atom. The lowest BCUT2D eigenvalue weighted by Crippen LogP contribution is -2.25. The van der Waals surface area contributed by atoms with Crippen molar-refractivity contribution in [3.63, 3.8) is 0 Å². The molecule has 1 aromatic carbocycles. The largest absolute Gasteiger partial charge is 0.496 e. The van der Waals surface area contributed by atoms with Crippen molar-refractivity contribution in [1.82, 2.24) is 5.48 Å². The quantitative estimate of drug-likeness (QED) is 0.799. The molecule has 0 aromatic heterocycles. The van der Waals surface area contributed by atoms with Crippen molar-refractivity contribution in [2.75, 3.05) is 13.7 Å². The summed E-state index contributed by atoms with van der Waals surface area (Å²) < 4.78 is 5.16. The van der Waals surface area contributed by atoms with Crippen LogP contribution in [0.1, 0.15) is 29.8 Å². The maximum absolute atomic E-state index is 11.7. The number of hydrogen-bond acceptors (Lipinski definition) is 3. The molecule has 0 radical (unpaired) electrons. The highest BCUT2D eigenvalue weighted by atomic mass is 16.6. The predicted molar refractivity (Wildman–Crippen MR) is 66.0 cm³/mol. The first kappa shape index (κ1) is 13.5. The van der Waals surface area contributed by atoms with E-state index in [1.807, 2.05) is 26.8 Å². The SMILES string of the molecule is COc1cc(C(=O)NOCC(C)C)ccc1C. The number of nitrogens with one attached hydrogen (secondary N) is 1. The van der Waals surface area contributed by atoms with Gasteiger partial charge in [-0.05, 0) is 30.5 Å². The Labute approximate surface area is 102 Å². The van der Waals surface area contributed by atoms with Crippen LogP contribution in [0.3, 0.4) is 0 Å². The van der Waals surface area contributed by atoms with Gasteiger partial charge >= 0.3 is 0 Å². The van der Waals surface area contributed by atoms with Crippen LogP contribution in [0.15, 0.2) is 18.2 Å². The summed E-state index contributed by atoms with van der Waals surface area (Å²) in [5.41, 5.74) is 3.92. The minimum Gasteiger partial charge on any atom is -0.496 e. The first-order chi connectivity index (χ1) is 8.04. The molecule has 1 aromatic rings. The van der Waals surface area contributed by atoms with Crippen LogP contribution >= 0.6 is 0 Å². The molecule has 0 aliphatic rings. The van der Waals surface area contributed by atoms with Crippen LogP contribution in [0.2, 0.25) is 0 Å². The molecule has 1 rings (SSSR count). The molecule has 1 N–H and O–H groups in total. The summed E-state index contributed by atoms with van der Waals surface area (Å²) in [7, 11) is 1.58. The van der Waals surface area contributed by atoms with Crippen LogP contribution in [0, 0.1) is 12.8 Å². The maximum atomic E-state index is 11.7. The monoisotopic (exact) mass is 237 g/mol. The van der Waals surface area contributed by atoms with E-state index >= 15 is 0 Å². The average Bonchev–Trinajstić information content (AvgIpc) is 2.29. The molecule has 0 bridgehead atoms. The molecule has 4 heteroatoms. The van der Waals surface area contributed by atoms with Gasteiger partial charge in [0.15, 0.2) is 0 Å². The van der Waals surface area contributed by atoms with E-state index in [1.54, 1.807) is 19.2 Å². The zero-order chi connectivity index (χ0) is 12.8. The minimum atomic E-state index is -0.260. The lowest BCUT2D eigenvalue weighted by Gasteiger charge is -2.09. The highest BCUT2D eigenvalue weighted by Gasteiger charge is 2.08. The van der Waals surface area contributed by atoms with E-state index in [0.717, 1.165) is 5.56 Å². The third-order valence-electron chi connectivity index (χ3n) is 2.25. The predicted octanol–water partition coefficient (Wildman–Crippen LogP) is 2.32. The van der Waals surface area contributed by atoms with Crippen molar-refractivity contribution in [3.8, 4) is 5.75 Å². The molecular weight excluding hydrogens is 218 g/mol. The molecule has 0 atom stereocenters. The smallest absolute Gasteiger partial charge is 0.274 e. The lowest BCUT2D eigenvalue weighted by atomic mass is 10.1. The molecule has 0 unspecified atom stereocenters. The normalized spacial score (nSPS) is 10.4. The van der Waals surface area contributed by atoms with Gasteiger partial charge in [0.05, 0.1) is 13.7 Å². The first-order valence-electron chi connectivity index (χ1n) is 5.61. The molecule has 94 valence electrons. The summed E-state index contributed by atoms with van der Waals surface area (Å²) in [6, 6.07) is 5.28. The standard InChI is InChI=1S/C13H19NO3/c1-9(2)8-17-14-13(15)11-6-5-10(3)12(7-11)16-4/h5-7,9H,8H2,1-4H3,(H,14,15). The molecule has 0 spiro atoms. The van der Waals surface area contributed by atoms with Gasteiger partial charge < -0.3 is 4.74 Å². The second-order valence-electron chi connectivity index (χ2n) is 4.32. The Kier molecular flexibility index (Phi) is 4.97. The topological polar surface area (TPSA) is 47.6 Å². The van der Waals surface area contributed by atoms with E-state index in [2.05, 4.69) is 5.48 Å². The van der Waals surface area contributed by atoms with Crippen molar-refractivity contribution < 1.29 is 14.4 Å². The van der Waals surface area contributed by atoms with Crippen molar-refractivity contribution >= 4 is 5.91 Å². The Balaban J connectivity index is 2.63. The van der Waals surface area contributed by atoms with Gasteiger partial charge in [0.1, 0.15) is 5.75 Å². The summed E-state index contributed by atoms with van der Waals surface area (Å²) in [6.07, 6.45) is 0. The van der Waals surface area contributed by atoms with Gasteiger partial charge in [-0.25, -0.2) is 5.48 Å². The minimum absolute atomic E-state index is 0.260. The number of benzene rings is 1. The lowest BCUT2D eigenvalue weighted by molar-refractivity contribution is 0.0208. The van der Waals surface area contributed by atoms with Gasteiger partial charge in [-0.1, -0.05) is 19.9 Å². The second-order valence-corrected chi connectivity index (χ2v) is 4.32. The number of carbonyl (C=O) groups is 1. The van der Waals surface area contributed by atoms with Gasteiger partial charge in [0.25, 0.3) is 5.91 Å². The second kappa shape index (κ2) is 6.25. The highest BCUT2D eigenvalue weighted by Crippen LogP contribution is 2.18. The summed E-state index contributed by atoms with van der Waals surface area (Å²) >= 11 is 0. The fraction of sp³-hybridized carbons (Fsp3) is 0.462. The summed E-state index contributed by atoms with van der Waals surface area (Å²) in [5.74, 6) is 0.813. The van der Waals surface area contributed by atoms with Crippen LogP contribution in [0.25, 0.3) is 0 Å². The fourth-order valence-electron chi connectivity index (χ4n) is 1.29. The van der Waals surface area contributed by atoms with Gasteiger partial charge in [0, 0.05) is 5.56 Å². The zero-order valence-electron chi connectivity index (χ0n) is 10.7. The van der Waals surface area contributed by atoms with Gasteiger partial charge in [-0.15, -0.1) is 0 Å². The van der Waals surface area contributed by atoms with E-state index in [9.17, 15) is 4.79 Å². The zero-order valence-corrected chi connectivity index (χ0v) is 10.7. The number of hydrogen-bond donors (Lipinski definition) is 1. The maximum Gasteiger partial charge on any atom is 0.274 e. The summed E-state index contributed by atoms with van der Waals surface area (Å²) in [6.45, 7) is 6.45. The molecule has 0 aliphatic carbocycles. The summed E-state index contributed by atoms with van der Waals surface area (Å²) in [4.78, 5) is 16.8. The number of rotatable bonds is 5. The van der Waals surface area contributed by atoms with Gasteiger partial charge in [0.2, 0.25) is 0 Å². The van der Waals surface area contributed by atoms with E-state index in [4.69, 9.17) is 9.57 Å². The van der Waals surface area contributed by atoms with E-state index < -0.39 is 0 Å². The highest BCUT2D eigenvalue weighted by molar-refractivity contribution is 5.93. The molecular formula is C13H19NO3. The number of carbonyl (C=O) groups excluding carboxylic acids is 1. The van der Waals surface area contributed by atoms with E-state index in [0.29, 0.717) is 23.8 Å². The number of aryl methyl sites for hydroxylation is 1. The Bertz CT molecular complexity index is 388. The van der Waals surface area contributed by atoms with Crippen molar-refractivity contribution in [1.29, 1.82) is 0 Å². The number of amides is 1. The Morgan fingerprint density at radius 3 is 2.71 bits per heavy atom. The van der Waals surface area contributed by atoms with E-state index in [-0.39, 0.29) is 5.91 Å². The van der Waals surface area contributed by atoms with Crippen molar-refractivity contribution in [2.24, 2.45) is 5.92 Å². The molecule has 4 nitrogen and oxygen atoms in total. The average molecular weight is 237 g/mol. The third kappa shape index (κ3) is 4.07. The van der Waals surface area contributed by atoms with E-state index in [1.165, 1.54) is 0 Å². The van der Waals surface area contributed by atoms with Crippen LogP contribution in [0.5, 0.6) is 5.75 Å². The Morgan fingerprint density at radius 1 is 1.41 bits per heavy atom. The van der Waals surface area contributed by atoms with Crippen molar-refractivity contribution in [3.05, 3.63) is 29.3 Å². The molecule has 17 heavy (non-hydrogen) atoms. The van der Waals surface area contributed by atoms with Gasteiger partial charge in [-0.3, -0.25) is 9.63 Å². The molecule has 0 fully saturated rings. The number of ether oxygens (including phenoxy) is 1. The first-order valence-corrected chi connectivity index (χ1v) is 5.61. The van der Waals surface area contributed by atoms with Crippen LogP contribution in [-0.4, -0.2) is 19.6 Å². The fourth-order valence-corrected chi connectivity index (χ4v) is 1.29. The van der Waals surface area contributed by atoms with Crippen LogP contribution < -0.4 is 10.2 Å². The summed E-state index contributed by atoms with van der Waals surface area (Å²) in [5, 5.41) is 0. The van der Waals surface area contributed by atoms with Gasteiger partial charge in [-0.2, -0.15) is 0 Å². The molecule has 0 heterocycles. The molecule has 0 saturated carbocycles. The molecule has 0 saturated heterocycles. The number of methoxy groups -OCH3 is 1. The number of hydroxylamine groups is 1.